The van der Waals surface area contributed by atoms with E-state index >= 15 is 0 Å². The first-order valence-electron chi connectivity index (χ1n) is 8.14. The molecule has 2 aliphatic carbocycles. The third-order valence-corrected chi connectivity index (χ3v) is 6.74. The second-order valence-electron chi connectivity index (χ2n) is 6.54. The molecular weight excluding hydrogens is 274 g/mol. The smallest absolute Gasteiger partial charge is 0.262 e. The van der Waals surface area contributed by atoms with Gasteiger partial charge in [0.05, 0.1) is 0 Å². The molecule has 0 spiro atoms. The highest BCUT2D eigenvalue weighted by Gasteiger charge is 2.41. The number of hydrogen-bond acceptors (Lipinski definition) is 3. The summed E-state index contributed by atoms with van der Waals surface area (Å²) in [5, 5.41) is -0.380. The lowest BCUT2D eigenvalue weighted by Gasteiger charge is -2.34. The molecule has 0 unspecified atom stereocenters. The van der Waals surface area contributed by atoms with Crippen molar-refractivity contribution in [2.75, 3.05) is 0 Å². The summed E-state index contributed by atoms with van der Waals surface area (Å²) in [6, 6.07) is 0. The van der Waals surface area contributed by atoms with Gasteiger partial charge in [-0.3, -0.25) is 0 Å². The number of sulfonamides is 1. The summed E-state index contributed by atoms with van der Waals surface area (Å²) in [7, 11) is -3.33. The van der Waals surface area contributed by atoms with E-state index in [0.717, 1.165) is 25.7 Å². The van der Waals surface area contributed by atoms with Gasteiger partial charge in [-0.15, -0.1) is 4.40 Å². The maximum absolute atomic E-state index is 12.3. The van der Waals surface area contributed by atoms with Crippen LogP contribution in [0, 0.1) is 5.92 Å². The van der Waals surface area contributed by atoms with E-state index in [4.69, 9.17) is 4.74 Å². The minimum absolute atomic E-state index is 0.132. The van der Waals surface area contributed by atoms with Crippen LogP contribution >= 0.6 is 0 Å². The second kappa shape index (κ2) is 6.04. The van der Waals surface area contributed by atoms with Gasteiger partial charge in [-0.05, 0) is 38.0 Å². The molecule has 1 aliphatic heterocycles. The topological polar surface area (TPSA) is 55.7 Å². The molecule has 0 radical (unpaired) electrons. The van der Waals surface area contributed by atoms with Crippen molar-refractivity contribution in [1.82, 2.24) is 0 Å². The lowest BCUT2D eigenvalue weighted by molar-refractivity contribution is 0.133. The first-order chi connectivity index (χ1) is 9.65. The third-order valence-electron chi connectivity index (χ3n) is 4.98. The van der Waals surface area contributed by atoms with Gasteiger partial charge in [0.1, 0.15) is 11.4 Å². The SMILES string of the molecule is O=S1(=O)N=C(CC2CCCCCC2)O[C@H]2CCCC[C@H]21. The molecular formula is C15H25NO3S. The lowest BCUT2D eigenvalue weighted by atomic mass is 9.95. The highest BCUT2D eigenvalue weighted by Crippen LogP contribution is 2.33. The van der Waals surface area contributed by atoms with Crippen LogP contribution in [0.25, 0.3) is 0 Å². The van der Waals surface area contributed by atoms with Gasteiger partial charge in [0, 0.05) is 6.42 Å². The molecule has 0 bridgehead atoms. The van der Waals surface area contributed by atoms with Crippen molar-refractivity contribution in [2.24, 2.45) is 10.3 Å². The monoisotopic (exact) mass is 299 g/mol. The van der Waals surface area contributed by atoms with E-state index in [9.17, 15) is 8.42 Å². The van der Waals surface area contributed by atoms with Crippen molar-refractivity contribution in [3.8, 4) is 0 Å². The molecule has 2 atom stereocenters. The highest BCUT2D eigenvalue weighted by atomic mass is 32.2. The van der Waals surface area contributed by atoms with Gasteiger partial charge in [-0.1, -0.05) is 32.1 Å². The molecule has 0 saturated heterocycles. The number of hydrogen-bond donors (Lipinski definition) is 0. The Labute approximate surface area is 122 Å². The van der Waals surface area contributed by atoms with Crippen LogP contribution in [0.2, 0.25) is 0 Å². The van der Waals surface area contributed by atoms with Gasteiger partial charge < -0.3 is 4.74 Å². The van der Waals surface area contributed by atoms with Crippen molar-refractivity contribution >= 4 is 15.9 Å². The molecule has 2 saturated carbocycles. The Balaban J connectivity index is 1.71. The minimum atomic E-state index is -3.33. The molecule has 0 N–H and O–H groups in total. The Kier molecular flexibility index (Phi) is 4.34. The van der Waals surface area contributed by atoms with Crippen LogP contribution in [0.5, 0.6) is 0 Å². The Hall–Kier alpha value is -0.580. The fourth-order valence-electron chi connectivity index (χ4n) is 3.84. The standard InChI is InChI=1S/C15H25NO3S/c17-20(18)14-10-6-5-9-13(14)19-15(16-20)11-12-7-3-1-2-4-8-12/h12-14H,1-11H2/t13-,14+/m0/s1. The lowest BCUT2D eigenvalue weighted by Crippen LogP contribution is -2.43. The molecule has 5 heteroatoms. The average Bonchev–Trinajstić information content (AvgIpc) is 2.67. The van der Waals surface area contributed by atoms with Crippen molar-refractivity contribution in [3.05, 3.63) is 0 Å². The van der Waals surface area contributed by atoms with Crippen LogP contribution in [0.15, 0.2) is 4.40 Å². The van der Waals surface area contributed by atoms with Crippen LogP contribution < -0.4 is 0 Å². The molecule has 20 heavy (non-hydrogen) atoms. The summed E-state index contributed by atoms with van der Waals surface area (Å²) in [6.45, 7) is 0. The number of nitrogens with zero attached hydrogens (tertiary/aromatic N) is 1. The predicted octanol–water partition coefficient (Wildman–Crippen LogP) is 3.42. The van der Waals surface area contributed by atoms with Crippen LogP contribution in [0.3, 0.4) is 0 Å². The Morgan fingerprint density at radius 2 is 1.60 bits per heavy atom. The molecule has 2 fully saturated rings. The van der Waals surface area contributed by atoms with Gasteiger partial charge in [0.25, 0.3) is 10.0 Å². The van der Waals surface area contributed by atoms with E-state index < -0.39 is 10.0 Å². The van der Waals surface area contributed by atoms with Crippen molar-refractivity contribution in [2.45, 2.75) is 82.0 Å². The van der Waals surface area contributed by atoms with E-state index in [1.165, 1.54) is 38.5 Å². The molecule has 3 rings (SSSR count). The second-order valence-corrected chi connectivity index (χ2v) is 8.36. The number of fused-ring (bicyclic) bond motifs is 1. The molecule has 4 nitrogen and oxygen atoms in total. The fourth-order valence-corrected chi connectivity index (χ4v) is 5.42. The quantitative estimate of drug-likeness (QED) is 0.734. The summed E-state index contributed by atoms with van der Waals surface area (Å²) in [6.07, 6.45) is 11.8. The largest absolute Gasteiger partial charge is 0.475 e. The average molecular weight is 299 g/mol. The molecule has 0 aromatic heterocycles. The van der Waals surface area contributed by atoms with Crippen LogP contribution in [0.1, 0.15) is 70.6 Å². The molecule has 0 aromatic carbocycles. The van der Waals surface area contributed by atoms with Gasteiger partial charge in [0.2, 0.25) is 5.90 Å². The molecule has 114 valence electrons. The van der Waals surface area contributed by atoms with Gasteiger partial charge >= 0.3 is 0 Å². The zero-order valence-corrected chi connectivity index (χ0v) is 12.9. The number of rotatable bonds is 2. The maximum atomic E-state index is 12.3. The summed E-state index contributed by atoms with van der Waals surface area (Å²) in [4.78, 5) is 0. The summed E-state index contributed by atoms with van der Waals surface area (Å²) in [5.74, 6) is 1.06. The van der Waals surface area contributed by atoms with Crippen molar-refractivity contribution in [1.29, 1.82) is 0 Å². The Bertz CT molecular complexity index is 464. The van der Waals surface area contributed by atoms with E-state index in [0.29, 0.717) is 18.2 Å². The maximum Gasteiger partial charge on any atom is 0.262 e. The molecule has 3 aliphatic rings. The molecule has 0 aromatic rings. The summed E-state index contributed by atoms with van der Waals surface area (Å²) < 4.78 is 34.5. The van der Waals surface area contributed by atoms with Gasteiger partial charge in [-0.25, -0.2) is 8.42 Å². The molecule has 1 heterocycles. The summed E-state index contributed by atoms with van der Waals surface area (Å²) in [5.41, 5.74) is 0. The normalized spacial score (nSPS) is 34.5. The third kappa shape index (κ3) is 3.18. The van der Waals surface area contributed by atoms with Crippen LogP contribution in [-0.4, -0.2) is 25.7 Å². The Morgan fingerprint density at radius 1 is 0.950 bits per heavy atom. The Morgan fingerprint density at radius 3 is 2.35 bits per heavy atom. The van der Waals surface area contributed by atoms with Crippen molar-refractivity contribution < 1.29 is 13.2 Å². The van der Waals surface area contributed by atoms with E-state index in [-0.39, 0.29) is 11.4 Å². The van der Waals surface area contributed by atoms with E-state index in [1.54, 1.807) is 0 Å². The van der Waals surface area contributed by atoms with Crippen LogP contribution in [-0.2, 0) is 14.8 Å². The summed E-state index contributed by atoms with van der Waals surface area (Å²) >= 11 is 0. The van der Waals surface area contributed by atoms with Crippen LogP contribution in [0.4, 0.5) is 0 Å². The van der Waals surface area contributed by atoms with Gasteiger partial charge in [0.15, 0.2) is 0 Å². The predicted molar refractivity (Wildman–Crippen MR) is 79.3 cm³/mol. The minimum Gasteiger partial charge on any atom is -0.475 e. The number of ether oxygens (including phenoxy) is 1. The zero-order chi connectivity index (χ0) is 14.0. The highest BCUT2D eigenvalue weighted by molar-refractivity contribution is 7.91. The van der Waals surface area contributed by atoms with Gasteiger partial charge in [-0.2, -0.15) is 0 Å². The first-order valence-corrected chi connectivity index (χ1v) is 9.65. The first kappa shape index (κ1) is 14.4. The molecule has 0 amide bonds. The fraction of sp³-hybridized carbons (Fsp3) is 0.933. The van der Waals surface area contributed by atoms with E-state index in [1.807, 2.05) is 0 Å². The van der Waals surface area contributed by atoms with Crippen molar-refractivity contribution in [3.63, 3.8) is 0 Å². The van der Waals surface area contributed by atoms with E-state index in [2.05, 4.69) is 4.40 Å². The zero-order valence-electron chi connectivity index (χ0n) is 12.1.